The van der Waals surface area contributed by atoms with Gasteiger partial charge in [0, 0.05) is 18.7 Å². The summed E-state index contributed by atoms with van der Waals surface area (Å²) in [7, 11) is 3.85. The summed E-state index contributed by atoms with van der Waals surface area (Å²) in [4.78, 5) is 14.0. The van der Waals surface area contributed by atoms with Gasteiger partial charge in [0.25, 0.3) is 0 Å². The molecule has 0 aliphatic heterocycles. The van der Waals surface area contributed by atoms with Gasteiger partial charge in [-0.15, -0.1) is 0 Å². The Morgan fingerprint density at radius 2 is 1.68 bits per heavy atom. The van der Waals surface area contributed by atoms with Crippen molar-refractivity contribution in [2.45, 2.75) is 38.8 Å². The molecule has 0 saturated carbocycles. The van der Waals surface area contributed by atoms with Crippen LogP contribution in [0.2, 0.25) is 0 Å². The standard InChI is InChI=1S/C23H32N2O3/c1-25(18-21-14-8-9-15-22(21)27-2)17-11-4-3-10-16-24-23(26)28-19-20-12-6-5-7-13-20/h5-9,12-15H,3-4,10-11,16-19H2,1-2H3,(H,24,26). The van der Waals surface area contributed by atoms with E-state index in [1.54, 1.807) is 7.11 Å². The zero-order chi connectivity index (χ0) is 20.0. The highest BCUT2D eigenvalue weighted by Gasteiger charge is 2.05. The molecule has 0 spiro atoms. The number of ether oxygens (including phenoxy) is 2. The molecule has 1 N–H and O–H groups in total. The summed E-state index contributed by atoms with van der Waals surface area (Å²) in [6.45, 7) is 2.90. The Balaban J connectivity index is 1.48. The third-order valence-electron chi connectivity index (χ3n) is 4.58. The van der Waals surface area contributed by atoms with E-state index in [-0.39, 0.29) is 6.09 Å². The van der Waals surface area contributed by atoms with Crippen molar-refractivity contribution in [2.75, 3.05) is 27.2 Å². The van der Waals surface area contributed by atoms with E-state index in [4.69, 9.17) is 9.47 Å². The number of benzene rings is 2. The normalized spacial score (nSPS) is 10.7. The molecule has 0 atom stereocenters. The van der Waals surface area contributed by atoms with Crippen molar-refractivity contribution in [1.82, 2.24) is 10.2 Å². The fourth-order valence-corrected chi connectivity index (χ4v) is 3.03. The van der Waals surface area contributed by atoms with Gasteiger partial charge in [0.1, 0.15) is 12.4 Å². The van der Waals surface area contributed by atoms with Gasteiger partial charge in [-0.25, -0.2) is 4.79 Å². The zero-order valence-electron chi connectivity index (χ0n) is 17.0. The molecule has 0 bridgehead atoms. The number of methoxy groups -OCH3 is 1. The van der Waals surface area contributed by atoms with Gasteiger partial charge in [-0.3, -0.25) is 0 Å². The van der Waals surface area contributed by atoms with Crippen LogP contribution in [0.3, 0.4) is 0 Å². The van der Waals surface area contributed by atoms with E-state index in [2.05, 4.69) is 23.3 Å². The summed E-state index contributed by atoms with van der Waals surface area (Å²) in [6.07, 6.45) is 4.01. The molecule has 5 nitrogen and oxygen atoms in total. The summed E-state index contributed by atoms with van der Waals surface area (Å²) < 4.78 is 10.6. The Hall–Kier alpha value is -2.53. The second-order valence-electron chi connectivity index (χ2n) is 6.95. The van der Waals surface area contributed by atoms with Crippen LogP contribution in [-0.2, 0) is 17.9 Å². The highest BCUT2D eigenvalue weighted by Crippen LogP contribution is 2.18. The van der Waals surface area contributed by atoms with Crippen molar-refractivity contribution >= 4 is 6.09 Å². The average Bonchev–Trinajstić information content (AvgIpc) is 2.72. The molecule has 0 fully saturated rings. The summed E-state index contributed by atoms with van der Waals surface area (Å²) in [5.74, 6) is 0.944. The van der Waals surface area contributed by atoms with E-state index in [1.165, 1.54) is 5.56 Å². The monoisotopic (exact) mass is 384 g/mol. The number of carbonyl (C=O) groups excluding carboxylic acids is 1. The maximum atomic E-state index is 11.7. The summed E-state index contributed by atoms with van der Waals surface area (Å²) in [5, 5.41) is 2.81. The first-order valence-corrected chi connectivity index (χ1v) is 9.94. The first-order valence-electron chi connectivity index (χ1n) is 9.94. The minimum atomic E-state index is -0.347. The molecule has 5 heteroatoms. The van der Waals surface area contributed by atoms with Gasteiger partial charge in [0.15, 0.2) is 0 Å². The van der Waals surface area contributed by atoms with Crippen LogP contribution in [0, 0.1) is 0 Å². The van der Waals surface area contributed by atoms with Gasteiger partial charge in [0.2, 0.25) is 0 Å². The van der Waals surface area contributed by atoms with Gasteiger partial charge in [-0.2, -0.15) is 0 Å². The van der Waals surface area contributed by atoms with Crippen LogP contribution in [0.5, 0.6) is 5.75 Å². The SMILES string of the molecule is COc1ccccc1CN(C)CCCCCCNC(=O)OCc1ccccc1. The lowest BCUT2D eigenvalue weighted by molar-refractivity contribution is 0.139. The quantitative estimate of drug-likeness (QED) is 0.543. The van der Waals surface area contributed by atoms with E-state index in [0.29, 0.717) is 13.2 Å². The van der Waals surface area contributed by atoms with E-state index in [1.807, 2.05) is 48.5 Å². The van der Waals surface area contributed by atoms with Crippen molar-refractivity contribution in [3.8, 4) is 5.75 Å². The molecule has 152 valence electrons. The Kier molecular flexibility index (Phi) is 9.94. The van der Waals surface area contributed by atoms with Crippen LogP contribution in [-0.4, -0.2) is 38.2 Å². The molecule has 0 aliphatic rings. The number of hydrogen-bond acceptors (Lipinski definition) is 4. The fourth-order valence-electron chi connectivity index (χ4n) is 3.03. The molecular weight excluding hydrogens is 352 g/mol. The molecule has 1 amide bonds. The predicted molar refractivity (Wildman–Crippen MR) is 112 cm³/mol. The predicted octanol–water partition coefficient (Wildman–Crippen LogP) is 4.61. The maximum Gasteiger partial charge on any atom is 0.407 e. The number of hydrogen-bond donors (Lipinski definition) is 1. The van der Waals surface area contributed by atoms with Crippen molar-refractivity contribution in [3.63, 3.8) is 0 Å². The highest BCUT2D eigenvalue weighted by atomic mass is 16.5. The molecule has 2 aromatic carbocycles. The number of carbonyl (C=O) groups is 1. The third kappa shape index (κ3) is 8.44. The van der Waals surface area contributed by atoms with Crippen LogP contribution in [0.15, 0.2) is 54.6 Å². The number of nitrogens with one attached hydrogen (secondary N) is 1. The highest BCUT2D eigenvalue weighted by molar-refractivity contribution is 5.67. The number of amides is 1. The second-order valence-corrected chi connectivity index (χ2v) is 6.95. The van der Waals surface area contributed by atoms with Gasteiger partial charge in [-0.05, 0) is 38.1 Å². The molecule has 0 heterocycles. The van der Waals surface area contributed by atoms with E-state index >= 15 is 0 Å². The topological polar surface area (TPSA) is 50.8 Å². The first-order chi connectivity index (χ1) is 13.7. The largest absolute Gasteiger partial charge is 0.496 e. The first kappa shape index (κ1) is 21.8. The third-order valence-corrected chi connectivity index (χ3v) is 4.58. The number of rotatable bonds is 12. The molecule has 0 radical (unpaired) electrons. The summed E-state index contributed by atoms with van der Waals surface area (Å²) in [6, 6.07) is 17.8. The maximum absolute atomic E-state index is 11.7. The van der Waals surface area contributed by atoms with E-state index in [0.717, 1.165) is 50.1 Å². The van der Waals surface area contributed by atoms with E-state index < -0.39 is 0 Å². The van der Waals surface area contributed by atoms with Crippen molar-refractivity contribution in [2.24, 2.45) is 0 Å². The molecule has 2 aromatic rings. The number of para-hydroxylation sites is 1. The van der Waals surface area contributed by atoms with E-state index in [9.17, 15) is 4.79 Å². The molecule has 28 heavy (non-hydrogen) atoms. The van der Waals surface area contributed by atoms with Gasteiger partial charge >= 0.3 is 6.09 Å². The second kappa shape index (κ2) is 12.8. The summed E-state index contributed by atoms with van der Waals surface area (Å²) in [5.41, 5.74) is 2.21. The Morgan fingerprint density at radius 3 is 2.46 bits per heavy atom. The van der Waals surface area contributed by atoms with Crippen LogP contribution in [0.4, 0.5) is 4.79 Å². The lowest BCUT2D eigenvalue weighted by Crippen LogP contribution is -2.25. The Labute approximate surface area is 168 Å². The fraction of sp³-hybridized carbons (Fsp3) is 0.435. The molecule has 0 unspecified atom stereocenters. The minimum Gasteiger partial charge on any atom is -0.496 e. The molecular formula is C23H32N2O3. The van der Waals surface area contributed by atoms with Crippen molar-refractivity contribution in [3.05, 3.63) is 65.7 Å². The van der Waals surface area contributed by atoms with Gasteiger partial charge in [0.05, 0.1) is 7.11 Å². The van der Waals surface area contributed by atoms with Crippen molar-refractivity contribution in [1.29, 1.82) is 0 Å². The molecule has 0 aromatic heterocycles. The van der Waals surface area contributed by atoms with Gasteiger partial charge < -0.3 is 19.7 Å². The van der Waals surface area contributed by atoms with Crippen LogP contribution in [0.1, 0.15) is 36.8 Å². The Morgan fingerprint density at radius 1 is 0.964 bits per heavy atom. The summed E-state index contributed by atoms with van der Waals surface area (Å²) >= 11 is 0. The molecule has 0 aliphatic carbocycles. The van der Waals surface area contributed by atoms with Gasteiger partial charge in [-0.1, -0.05) is 61.4 Å². The molecule has 2 rings (SSSR count). The smallest absolute Gasteiger partial charge is 0.407 e. The number of unbranched alkanes of at least 4 members (excludes halogenated alkanes) is 3. The lowest BCUT2D eigenvalue weighted by atomic mass is 10.1. The van der Waals surface area contributed by atoms with Crippen LogP contribution in [0.25, 0.3) is 0 Å². The molecule has 0 saturated heterocycles. The zero-order valence-corrected chi connectivity index (χ0v) is 17.0. The van der Waals surface area contributed by atoms with Crippen molar-refractivity contribution < 1.29 is 14.3 Å². The number of nitrogens with zero attached hydrogens (tertiary/aromatic N) is 1. The number of alkyl carbamates (subject to hydrolysis) is 1. The Bertz CT molecular complexity index is 691. The lowest BCUT2D eigenvalue weighted by Gasteiger charge is -2.18. The van der Waals surface area contributed by atoms with Crippen LogP contribution < -0.4 is 10.1 Å². The minimum absolute atomic E-state index is 0.311. The van der Waals surface area contributed by atoms with Crippen LogP contribution >= 0.6 is 0 Å². The average molecular weight is 385 g/mol.